The van der Waals surface area contributed by atoms with E-state index >= 15 is 0 Å². The minimum Gasteiger partial charge on any atom is -0.493 e. The number of nitrogens with one attached hydrogen (secondary N) is 2. The molecule has 1 atom stereocenters. The van der Waals surface area contributed by atoms with Gasteiger partial charge in [-0.15, -0.1) is 0 Å². The summed E-state index contributed by atoms with van der Waals surface area (Å²) in [6.45, 7) is 2.71. The minimum atomic E-state index is -0.644. The van der Waals surface area contributed by atoms with Crippen LogP contribution in [-0.4, -0.2) is 39.1 Å². The van der Waals surface area contributed by atoms with Crippen molar-refractivity contribution < 1.29 is 19.1 Å². The average molecular weight is 306 g/mol. The van der Waals surface area contributed by atoms with Gasteiger partial charge >= 0.3 is 0 Å². The normalized spacial score (nSPS) is 20.4. The van der Waals surface area contributed by atoms with Crippen LogP contribution in [0.1, 0.15) is 18.9 Å². The zero-order chi connectivity index (χ0) is 16.2. The van der Waals surface area contributed by atoms with Gasteiger partial charge < -0.3 is 20.1 Å². The molecule has 22 heavy (non-hydrogen) atoms. The van der Waals surface area contributed by atoms with Crippen LogP contribution < -0.4 is 20.1 Å². The van der Waals surface area contributed by atoms with Crippen molar-refractivity contribution in [1.29, 1.82) is 0 Å². The second kappa shape index (κ2) is 6.68. The van der Waals surface area contributed by atoms with E-state index in [0.29, 0.717) is 31.0 Å². The Morgan fingerprint density at radius 1 is 1.32 bits per heavy atom. The van der Waals surface area contributed by atoms with Crippen LogP contribution in [0.25, 0.3) is 0 Å². The van der Waals surface area contributed by atoms with E-state index in [4.69, 9.17) is 9.47 Å². The van der Waals surface area contributed by atoms with E-state index in [1.54, 1.807) is 21.1 Å². The number of hydrogen-bond acceptors (Lipinski definition) is 4. The summed E-state index contributed by atoms with van der Waals surface area (Å²) in [6, 6.07) is 5.68. The van der Waals surface area contributed by atoms with Gasteiger partial charge in [-0.05, 0) is 31.0 Å². The van der Waals surface area contributed by atoms with Gasteiger partial charge in [-0.25, -0.2) is 0 Å². The summed E-state index contributed by atoms with van der Waals surface area (Å²) in [4.78, 5) is 23.5. The zero-order valence-corrected chi connectivity index (χ0v) is 13.2. The predicted molar refractivity (Wildman–Crippen MR) is 82.0 cm³/mol. The number of ether oxygens (including phenoxy) is 2. The fourth-order valence-electron chi connectivity index (χ4n) is 2.50. The van der Waals surface area contributed by atoms with Crippen LogP contribution >= 0.6 is 0 Å². The van der Waals surface area contributed by atoms with Crippen LogP contribution in [-0.2, 0) is 16.0 Å². The second-order valence-electron chi connectivity index (χ2n) is 5.71. The molecule has 0 aliphatic carbocycles. The molecule has 2 amide bonds. The van der Waals surface area contributed by atoms with Gasteiger partial charge in [0, 0.05) is 19.5 Å². The first-order valence-electron chi connectivity index (χ1n) is 7.24. The summed E-state index contributed by atoms with van der Waals surface area (Å²) in [5, 5.41) is 5.59. The molecular weight excluding hydrogens is 284 g/mol. The van der Waals surface area contributed by atoms with E-state index in [-0.39, 0.29) is 18.2 Å². The van der Waals surface area contributed by atoms with E-state index in [9.17, 15) is 9.59 Å². The van der Waals surface area contributed by atoms with E-state index in [0.717, 1.165) is 5.56 Å². The molecule has 0 aromatic heterocycles. The first-order valence-corrected chi connectivity index (χ1v) is 7.24. The second-order valence-corrected chi connectivity index (χ2v) is 5.71. The summed E-state index contributed by atoms with van der Waals surface area (Å²) >= 11 is 0. The molecule has 1 saturated heterocycles. The molecule has 0 radical (unpaired) electrons. The Bertz CT molecular complexity index is 573. The fraction of sp³-hybridized carbons (Fsp3) is 0.500. The summed E-state index contributed by atoms with van der Waals surface area (Å²) < 4.78 is 10.4. The van der Waals surface area contributed by atoms with Gasteiger partial charge in [0.1, 0.15) is 0 Å². The Morgan fingerprint density at radius 3 is 2.64 bits per heavy atom. The third-order valence-corrected chi connectivity index (χ3v) is 3.92. The van der Waals surface area contributed by atoms with Crippen molar-refractivity contribution in [3.63, 3.8) is 0 Å². The van der Waals surface area contributed by atoms with E-state index < -0.39 is 5.41 Å². The fourth-order valence-corrected chi connectivity index (χ4v) is 2.50. The third-order valence-electron chi connectivity index (χ3n) is 3.92. The van der Waals surface area contributed by atoms with Crippen molar-refractivity contribution in [3.05, 3.63) is 23.8 Å². The van der Waals surface area contributed by atoms with Gasteiger partial charge in [-0.3, -0.25) is 9.59 Å². The lowest BCUT2D eigenvalue weighted by molar-refractivity contribution is -0.131. The highest BCUT2D eigenvalue weighted by molar-refractivity contribution is 5.92. The van der Waals surface area contributed by atoms with E-state index in [1.165, 1.54) is 0 Å². The molecule has 1 heterocycles. The number of carbonyl (C=O) groups excluding carboxylic acids is 2. The van der Waals surface area contributed by atoms with Gasteiger partial charge in [0.15, 0.2) is 11.5 Å². The van der Waals surface area contributed by atoms with E-state index in [2.05, 4.69) is 10.6 Å². The molecule has 0 spiro atoms. The smallest absolute Gasteiger partial charge is 0.228 e. The van der Waals surface area contributed by atoms with Crippen LogP contribution in [0, 0.1) is 5.41 Å². The molecule has 1 aliphatic rings. The van der Waals surface area contributed by atoms with Gasteiger partial charge in [0.05, 0.1) is 19.6 Å². The van der Waals surface area contributed by atoms with Gasteiger partial charge in [-0.1, -0.05) is 6.07 Å². The van der Waals surface area contributed by atoms with Crippen LogP contribution in [0.3, 0.4) is 0 Å². The molecule has 120 valence electrons. The summed E-state index contributed by atoms with van der Waals surface area (Å²) in [5.41, 5.74) is 0.401. The highest BCUT2D eigenvalue weighted by Crippen LogP contribution is 2.28. The van der Waals surface area contributed by atoms with Gasteiger partial charge in [0.25, 0.3) is 0 Å². The highest BCUT2D eigenvalue weighted by atomic mass is 16.5. The van der Waals surface area contributed by atoms with Crippen LogP contribution in [0.5, 0.6) is 11.5 Å². The maximum absolute atomic E-state index is 12.2. The van der Waals surface area contributed by atoms with Crippen LogP contribution in [0.2, 0.25) is 0 Å². The molecule has 1 aromatic carbocycles. The average Bonchev–Trinajstić information content (AvgIpc) is 2.87. The number of carbonyl (C=O) groups is 2. The Balaban J connectivity index is 1.88. The molecule has 1 fully saturated rings. The molecule has 1 aromatic rings. The Morgan fingerprint density at radius 2 is 2.05 bits per heavy atom. The lowest BCUT2D eigenvalue weighted by Crippen LogP contribution is -2.41. The highest BCUT2D eigenvalue weighted by Gasteiger charge is 2.40. The van der Waals surface area contributed by atoms with Crippen LogP contribution in [0.15, 0.2) is 18.2 Å². The van der Waals surface area contributed by atoms with E-state index in [1.807, 2.05) is 18.2 Å². The SMILES string of the molecule is COc1ccc(CCNC(=O)C2(C)CNC(=O)C2)cc1OC. The Kier molecular flexibility index (Phi) is 4.90. The molecule has 6 heteroatoms. The van der Waals surface area contributed by atoms with Crippen molar-refractivity contribution in [1.82, 2.24) is 10.6 Å². The van der Waals surface area contributed by atoms with Crippen molar-refractivity contribution in [2.45, 2.75) is 19.8 Å². The molecule has 2 N–H and O–H groups in total. The first kappa shape index (κ1) is 16.1. The topological polar surface area (TPSA) is 76.7 Å². The Hall–Kier alpha value is -2.24. The standard InChI is InChI=1S/C16H22N2O4/c1-16(9-14(19)18-10-16)15(20)17-7-6-11-4-5-12(21-2)13(8-11)22-3/h4-5,8H,6-7,9-10H2,1-3H3,(H,17,20)(H,18,19). The monoisotopic (exact) mass is 306 g/mol. The lowest BCUT2D eigenvalue weighted by Gasteiger charge is -2.20. The largest absolute Gasteiger partial charge is 0.493 e. The summed E-state index contributed by atoms with van der Waals surface area (Å²) in [6.07, 6.45) is 0.929. The minimum absolute atomic E-state index is 0.0717. The maximum Gasteiger partial charge on any atom is 0.228 e. The lowest BCUT2D eigenvalue weighted by atomic mass is 9.88. The number of benzene rings is 1. The zero-order valence-electron chi connectivity index (χ0n) is 13.2. The van der Waals surface area contributed by atoms with Crippen molar-refractivity contribution in [2.24, 2.45) is 5.41 Å². The predicted octanol–water partition coefficient (Wildman–Crippen LogP) is 0.889. The molecule has 6 nitrogen and oxygen atoms in total. The number of methoxy groups -OCH3 is 2. The first-order chi connectivity index (χ1) is 10.5. The summed E-state index contributed by atoms with van der Waals surface area (Å²) in [5.74, 6) is 1.19. The number of hydrogen-bond donors (Lipinski definition) is 2. The maximum atomic E-state index is 12.2. The van der Waals surface area contributed by atoms with Crippen molar-refractivity contribution >= 4 is 11.8 Å². The number of amides is 2. The molecular formula is C16H22N2O4. The quantitative estimate of drug-likeness (QED) is 0.818. The third kappa shape index (κ3) is 3.50. The number of rotatable bonds is 6. The Labute approximate surface area is 130 Å². The molecule has 2 rings (SSSR count). The van der Waals surface area contributed by atoms with Crippen molar-refractivity contribution in [3.8, 4) is 11.5 Å². The van der Waals surface area contributed by atoms with Gasteiger partial charge in [0.2, 0.25) is 11.8 Å². The molecule has 1 unspecified atom stereocenters. The molecule has 1 aliphatic heterocycles. The van der Waals surface area contributed by atoms with Gasteiger partial charge in [-0.2, -0.15) is 0 Å². The molecule has 0 bridgehead atoms. The molecule has 0 saturated carbocycles. The summed E-state index contributed by atoms with van der Waals surface area (Å²) in [7, 11) is 3.18. The van der Waals surface area contributed by atoms with Crippen molar-refractivity contribution in [2.75, 3.05) is 27.3 Å². The van der Waals surface area contributed by atoms with Crippen LogP contribution in [0.4, 0.5) is 0 Å².